The molecule has 0 amide bonds. The second kappa shape index (κ2) is 6.96. The number of benzene rings is 1. The van der Waals surface area contributed by atoms with Crippen molar-refractivity contribution < 1.29 is 0 Å². The van der Waals surface area contributed by atoms with E-state index in [2.05, 4.69) is 64.2 Å². The van der Waals surface area contributed by atoms with Crippen LogP contribution >= 0.6 is 0 Å². The Hall–Kier alpha value is -0.820. The predicted molar refractivity (Wildman–Crippen MR) is 92.9 cm³/mol. The largest absolute Gasteiger partial charge is 0.316 e. The fourth-order valence-electron chi connectivity index (χ4n) is 3.62. The fraction of sp³-hybridized carbons (Fsp3) is 0.700. The summed E-state index contributed by atoms with van der Waals surface area (Å²) in [6, 6.07) is 9.45. The molecule has 1 heteroatoms. The molecule has 0 heterocycles. The molecule has 0 aromatic heterocycles. The molecular weight excluding hydrogens is 254 g/mol. The first-order valence-electron chi connectivity index (χ1n) is 8.79. The van der Waals surface area contributed by atoms with E-state index in [1.165, 1.54) is 24.8 Å². The fourth-order valence-corrected chi connectivity index (χ4v) is 3.62. The van der Waals surface area contributed by atoms with Crippen LogP contribution in [0.5, 0.6) is 0 Å². The number of nitrogens with one attached hydrogen (secondary N) is 1. The Morgan fingerprint density at radius 1 is 1.10 bits per heavy atom. The summed E-state index contributed by atoms with van der Waals surface area (Å²) in [6.07, 6.45) is 3.92. The van der Waals surface area contributed by atoms with Crippen LogP contribution in [0.25, 0.3) is 0 Å². The van der Waals surface area contributed by atoms with Crippen LogP contribution in [0.1, 0.15) is 70.9 Å². The van der Waals surface area contributed by atoms with E-state index in [0.717, 1.165) is 24.9 Å². The molecule has 0 unspecified atom stereocenters. The lowest BCUT2D eigenvalue weighted by atomic mass is 9.55. The van der Waals surface area contributed by atoms with Crippen molar-refractivity contribution in [3.8, 4) is 0 Å². The molecule has 1 N–H and O–H groups in total. The second-order valence-electron chi connectivity index (χ2n) is 7.65. The van der Waals surface area contributed by atoms with Crippen LogP contribution in [-0.2, 0) is 5.41 Å². The lowest BCUT2D eigenvalue weighted by Gasteiger charge is -2.50. The highest BCUT2D eigenvalue weighted by molar-refractivity contribution is 5.33. The molecular formula is C20H33N. The first-order chi connectivity index (χ1) is 9.98. The van der Waals surface area contributed by atoms with Crippen molar-refractivity contribution >= 4 is 0 Å². The van der Waals surface area contributed by atoms with Gasteiger partial charge in [0.25, 0.3) is 0 Å². The Kier molecular flexibility index (Phi) is 5.48. The van der Waals surface area contributed by atoms with E-state index in [-0.39, 0.29) is 0 Å². The van der Waals surface area contributed by atoms with Crippen LogP contribution in [0.15, 0.2) is 24.3 Å². The van der Waals surface area contributed by atoms with Crippen LogP contribution in [0, 0.1) is 11.8 Å². The first kappa shape index (κ1) is 16.5. The van der Waals surface area contributed by atoms with Crippen LogP contribution in [0.3, 0.4) is 0 Å². The van der Waals surface area contributed by atoms with Crippen molar-refractivity contribution in [3.05, 3.63) is 35.4 Å². The van der Waals surface area contributed by atoms with E-state index >= 15 is 0 Å². The third-order valence-electron chi connectivity index (χ3n) is 5.33. The molecule has 1 saturated carbocycles. The zero-order chi connectivity index (χ0) is 15.5. The maximum Gasteiger partial charge on any atom is 0.00832 e. The van der Waals surface area contributed by atoms with Gasteiger partial charge in [0.15, 0.2) is 0 Å². The van der Waals surface area contributed by atoms with Gasteiger partial charge in [0.2, 0.25) is 0 Å². The third kappa shape index (κ3) is 3.69. The molecule has 0 spiro atoms. The third-order valence-corrected chi connectivity index (χ3v) is 5.33. The summed E-state index contributed by atoms with van der Waals surface area (Å²) in [6.45, 7) is 13.8. The van der Waals surface area contributed by atoms with Gasteiger partial charge >= 0.3 is 0 Å². The summed E-state index contributed by atoms with van der Waals surface area (Å²) < 4.78 is 0. The average molecular weight is 287 g/mol. The summed E-state index contributed by atoms with van der Waals surface area (Å²) in [4.78, 5) is 0. The Morgan fingerprint density at radius 3 is 2.19 bits per heavy atom. The maximum atomic E-state index is 3.67. The minimum atomic E-state index is 0.389. The highest BCUT2D eigenvalue weighted by atomic mass is 14.9. The topological polar surface area (TPSA) is 12.0 Å². The van der Waals surface area contributed by atoms with E-state index in [1.807, 2.05) is 0 Å². The van der Waals surface area contributed by atoms with Crippen molar-refractivity contribution in [1.29, 1.82) is 0 Å². The molecule has 1 aliphatic rings. The van der Waals surface area contributed by atoms with Crippen molar-refractivity contribution in [2.24, 2.45) is 11.8 Å². The van der Waals surface area contributed by atoms with Gasteiger partial charge in [-0.3, -0.25) is 0 Å². The summed E-state index contributed by atoms with van der Waals surface area (Å²) in [5.41, 5.74) is 3.39. The quantitative estimate of drug-likeness (QED) is 0.687. The standard InChI is InChI=1S/C20H33N/c1-6-11-21-14-20(12-18(13-20)16(4)5)19-9-7-17(8-10-19)15(2)3/h7-10,15-16,18,21H,6,11-14H2,1-5H3. The minimum Gasteiger partial charge on any atom is -0.316 e. The molecule has 1 aromatic rings. The van der Waals surface area contributed by atoms with E-state index in [4.69, 9.17) is 0 Å². The molecule has 2 rings (SSSR count). The van der Waals surface area contributed by atoms with Crippen molar-refractivity contribution in [3.63, 3.8) is 0 Å². The summed E-state index contributed by atoms with van der Waals surface area (Å²) in [5.74, 6) is 2.34. The molecule has 0 atom stereocenters. The summed E-state index contributed by atoms with van der Waals surface area (Å²) >= 11 is 0. The van der Waals surface area contributed by atoms with Gasteiger partial charge < -0.3 is 5.32 Å². The van der Waals surface area contributed by atoms with Gasteiger partial charge in [-0.05, 0) is 54.7 Å². The predicted octanol–water partition coefficient (Wildman–Crippen LogP) is 5.11. The summed E-state index contributed by atoms with van der Waals surface area (Å²) in [7, 11) is 0. The second-order valence-corrected chi connectivity index (χ2v) is 7.65. The number of hydrogen-bond acceptors (Lipinski definition) is 1. The zero-order valence-electron chi connectivity index (χ0n) is 14.6. The van der Waals surface area contributed by atoms with E-state index < -0.39 is 0 Å². The van der Waals surface area contributed by atoms with Crippen molar-refractivity contribution in [2.75, 3.05) is 13.1 Å². The van der Waals surface area contributed by atoms with E-state index in [9.17, 15) is 0 Å². The highest BCUT2D eigenvalue weighted by Crippen LogP contribution is 2.50. The minimum absolute atomic E-state index is 0.389. The molecule has 21 heavy (non-hydrogen) atoms. The van der Waals surface area contributed by atoms with Gasteiger partial charge in [0, 0.05) is 12.0 Å². The van der Waals surface area contributed by atoms with Gasteiger partial charge in [-0.15, -0.1) is 0 Å². The normalized spacial score (nSPS) is 25.4. The molecule has 1 aliphatic carbocycles. The van der Waals surface area contributed by atoms with Crippen molar-refractivity contribution in [2.45, 2.75) is 65.2 Å². The van der Waals surface area contributed by atoms with Crippen LogP contribution < -0.4 is 5.32 Å². The van der Waals surface area contributed by atoms with Gasteiger partial charge in [0.05, 0.1) is 0 Å². The van der Waals surface area contributed by atoms with Crippen LogP contribution in [-0.4, -0.2) is 13.1 Å². The van der Waals surface area contributed by atoms with Gasteiger partial charge in [-0.25, -0.2) is 0 Å². The molecule has 0 aliphatic heterocycles. The molecule has 0 radical (unpaired) electrons. The summed E-state index contributed by atoms with van der Waals surface area (Å²) in [5, 5.41) is 3.67. The van der Waals surface area contributed by atoms with E-state index in [0.29, 0.717) is 11.3 Å². The highest BCUT2D eigenvalue weighted by Gasteiger charge is 2.45. The smallest absolute Gasteiger partial charge is 0.00832 e. The van der Waals surface area contributed by atoms with Crippen LogP contribution in [0.4, 0.5) is 0 Å². The molecule has 0 saturated heterocycles. The average Bonchev–Trinajstić information content (AvgIpc) is 2.41. The van der Waals surface area contributed by atoms with Gasteiger partial charge in [0.1, 0.15) is 0 Å². The first-order valence-corrected chi connectivity index (χ1v) is 8.79. The zero-order valence-corrected chi connectivity index (χ0v) is 14.6. The molecule has 1 nitrogen and oxygen atoms in total. The molecule has 1 aromatic carbocycles. The van der Waals surface area contributed by atoms with Crippen molar-refractivity contribution in [1.82, 2.24) is 5.32 Å². The van der Waals surface area contributed by atoms with Gasteiger partial charge in [-0.2, -0.15) is 0 Å². The Bertz CT molecular complexity index is 424. The lowest BCUT2D eigenvalue weighted by Crippen LogP contribution is -2.50. The van der Waals surface area contributed by atoms with Crippen LogP contribution in [0.2, 0.25) is 0 Å². The Balaban J connectivity index is 2.12. The SMILES string of the molecule is CCCNCC1(c2ccc(C(C)C)cc2)CC(C(C)C)C1. The maximum absolute atomic E-state index is 3.67. The monoisotopic (exact) mass is 287 g/mol. The Morgan fingerprint density at radius 2 is 1.71 bits per heavy atom. The number of rotatable bonds is 7. The molecule has 1 fully saturated rings. The van der Waals surface area contributed by atoms with E-state index in [1.54, 1.807) is 5.56 Å². The lowest BCUT2D eigenvalue weighted by molar-refractivity contribution is 0.0978. The molecule has 0 bridgehead atoms. The number of hydrogen-bond donors (Lipinski definition) is 1. The Labute approximate surface area is 131 Å². The molecule has 118 valence electrons. The van der Waals surface area contributed by atoms with Gasteiger partial charge in [-0.1, -0.05) is 58.9 Å².